The van der Waals surface area contributed by atoms with E-state index in [1.807, 2.05) is 31.2 Å². The highest BCUT2D eigenvalue weighted by molar-refractivity contribution is 5.90. The first-order chi connectivity index (χ1) is 13.0. The number of carbonyl (C=O) groups is 1. The molecule has 7 heteroatoms. The second-order valence-electron chi connectivity index (χ2n) is 5.79. The Labute approximate surface area is 155 Å². The van der Waals surface area contributed by atoms with Gasteiger partial charge in [0.25, 0.3) is 5.56 Å². The lowest BCUT2D eigenvalue weighted by atomic mass is 10.1. The number of aromatic hydroxyl groups is 1. The Kier molecular flexibility index (Phi) is 5.51. The molecule has 0 saturated carbocycles. The molecule has 0 radical (unpaired) electrons. The quantitative estimate of drug-likeness (QED) is 0.655. The van der Waals surface area contributed by atoms with E-state index in [-0.39, 0.29) is 23.8 Å². The summed E-state index contributed by atoms with van der Waals surface area (Å²) in [6.07, 6.45) is 1.35. The van der Waals surface area contributed by atoms with Crippen molar-refractivity contribution in [3.63, 3.8) is 0 Å². The summed E-state index contributed by atoms with van der Waals surface area (Å²) in [5.74, 6) is 0.497. The largest absolute Gasteiger partial charge is 0.508 e. The SMILES string of the molecule is CCOc1ccc(-c2cc(=O)n(CC(=O)Nc3ccc(O)cc3)cn2)cc1. The lowest BCUT2D eigenvalue weighted by Gasteiger charge is -2.08. The molecule has 3 rings (SSSR count). The maximum absolute atomic E-state index is 12.3. The first-order valence-electron chi connectivity index (χ1n) is 8.44. The Balaban J connectivity index is 1.69. The predicted molar refractivity (Wildman–Crippen MR) is 102 cm³/mol. The van der Waals surface area contributed by atoms with Crippen LogP contribution in [-0.4, -0.2) is 27.2 Å². The molecule has 1 amide bonds. The summed E-state index contributed by atoms with van der Waals surface area (Å²) in [4.78, 5) is 28.7. The molecule has 0 fully saturated rings. The van der Waals surface area contributed by atoms with Crippen LogP contribution < -0.4 is 15.6 Å². The number of phenols is 1. The number of nitrogens with zero attached hydrogens (tertiary/aromatic N) is 2. The smallest absolute Gasteiger partial charge is 0.254 e. The molecule has 2 aromatic carbocycles. The Bertz CT molecular complexity index is 979. The number of aromatic nitrogens is 2. The highest BCUT2D eigenvalue weighted by Crippen LogP contribution is 2.19. The number of anilines is 1. The van der Waals surface area contributed by atoms with Crippen molar-refractivity contribution in [2.24, 2.45) is 0 Å². The van der Waals surface area contributed by atoms with Crippen molar-refractivity contribution < 1.29 is 14.6 Å². The summed E-state index contributed by atoms with van der Waals surface area (Å²) in [6.45, 7) is 2.34. The van der Waals surface area contributed by atoms with Gasteiger partial charge in [-0.05, 0) is 55.5 Å². The maximum atomic E-state index is 12.3. The minimum absolute atomic E-state index is 0.110. The summed E-state index contributed by atoms with van der Waals surface area (Å²) in [6, 6.07) is 14.8. The zero-order valence-corrected chi connectivity index (χ0v) is 14.8. The van der Waals surface area contributed by atoms with Crippen LogP contribution in [-0.2, 0) is 11.3 Å². The summed E-state index contributed by atoms with van der Waals surface area (Å²) >= 11 is 0. The van der Waals surface area contributed by atoms with E-state index in [9.17, 15) is 14.7 Å². The van der Waals surface area contributed by atoms with E-state index in [1.165, 1.54) is 29.1 Å². The molecule has 0 aliphatic carbocycles. The van der Waals surface area contributed by atoms with E-state index in [2.05, 4.69) is 10.3 Å². The first kappa shape index (κ1) is 18.2. The van der Waals surface area contributed by atoms with Gasteiger partial charge in [-0.3, -0.25) is 14.2 Å². The minimum Gasteiger partial charge on any atom is -0.508 e. The van der Waals surface area contributed by atoms with Crippen LogP contribution in [0.3, 0.4) is 0 Å². The Morgan fingerprint density at radius 3 is 2.48 bits per heavy atom. The molecule has 0 aliphatic heterocycles. The molecular formula is C20H19N3O4. The number of carbonyl (C=O) groups excluding carboxylic acids is 1. The van der Waals surface area contributed by atoms with Gasteiger partial charge in [0, 0.05) is 17.3 Å². The molecule has 0 saturated heterocycles. The molecule has 0 bridgehead atoms. The normalized spacial score (nSPS) is 10.4. The Morgan fingerprint density at radius 2 is 1.85 bits per heavy atom. The van der Waals surface area contributed by atoms with Crippen LogP contribution in [0.5, 0.6) is 11.5 Å². The third-order valence-electron chi connectivity index (χ3n) is 3.81. The van der Waals surface area contributed by atoms with Crippen LogP contribution in [0.4, 0.5) is 5.69 Å². The van der Waals surface area contributed by atoms with E-state index in [1.54, 1.807) is 12.1 Å². The van der Waals surface area contributed by atoms with Gasteiger partial charge in [-0.1, -0.05) is 0 Å². The van der Waals surface area contributed by atoms with Crippen molar-refractivity contribution in [2.45, 2.75) is 13.5 Å². The fourth-order valence-electron chi connectivity index (χ4n) is 2.49. The van der Waals surface area contributed by atoms with Crippen molar-refractivity contribution in [1.29, 1.82) is 0 Å². The van der Waals surface area contributed by atoms with E-state index < -0.39 is 0 Å². The average Bonchev–Trinajstić information content (AvgIpc) is 2.66. The highest BCUT2D eigenvalue weighted by Gasteiger charge is 2.08. The van der Waals surface area contributed by atoms with Gasteiger partial charge in [0.05, 0.1) is 18.6 Å². The van der Waals surface area contributed by atoms with Gasteiger partial charge in [0.15, 0.2) is 0 Å². The molecule has 138 valence electrons. The topological polar surface area (TPSA) is 93.5 Å². The fourth-order valence-corrected chi connectivity index (χ4v) is 2.49. The molecule has 1 aromatic heterocycles. The van der Waals surface area contributed by atoms with Crippen LogP contribution in [0.25, 0.3) is 11.3 Å². The zero-order chi connectivity index (χ0) is 19.2. The lowest BCUT2D eigenvalue weighted by Crippen LogP contribution is -2.27. The number of rotatable bonds is 6. The van der Waals surface area contributed by atoms with Gasteiger partial charge in [-0.25, -0.2) is 4.98 Å². The standard InChI is InChI=1S/C20H19N3O4/c1-2-27-17-9-3-14(4-10-17)18-11-20(26)23(13-21-18)12-19(25)22-15-5-7-16(24)8-6-15/h3-11,13,24H,2,12H2,1H3,(H,22,25). The van der Waals surface area contributed by atoms with E-state index in [0.29, 0.717) is 18.0 Å². The second-order valence-corrected chi connectivity index (χ2v) is 5.79. The highest BCUT2D eigenvalue weighted by atomic mass is 16.5. The minimum atomic E-state index is -0.363. The second kappa shape index (κ2) is 8.18. The number of phenolic OH excluding ortho intramolecular Hbond substituents is 1. The molecule has 0 spiro atoms. The molecular weight excluding hydrogens is 346 g/mol. The summed E-state index contributed by atoms with van der Waals surface area (Å²) in [5.41, 5.74) is 1.52. The molecule has 0 unspecified atom stereocenters. The van der Waals surface area contributed by atoms with Crippen molar-refractivity contribution in [3.05, 3.63) is 71.3 Å². The zero-order valence-electron chi connectivity index (χ0n) is 14.8. The van der Waals surface area contributed by atoms with Gasteiger partial charge in [-0.2, -0.15) is 0 Å². The van der Waals surface area contributed by atoms with Crippen LogP contribution >= 0.6 is 0 Å². The number of nitrogens with one attached hydrogen (secondary N) is 1. The fraction of sp³-hybridized carbons (Fsp3) is 0.150. The third-order valence-corrected chi connectivity index (χ3v) is 3.81. The average molecular weight is 365 g/mol. The molecule has 0 atom stereocenters. The monoisotopic (exact) mass is 365 g/mol. The Hall–Kier alpha value is -3.61. The summed E-state index contributed by atoms with van der Waals surface area (Å²) in [7, 11) is 0. The van der Waals surface area contributed by atoms with Crippen molar-refractivity contribution in [1.82, 2.24) is 9.55 Å². The van der Waals surface area contributed by atoms with Crippen LogP contribution in [0.2, 0.25) is 0 Å². The number of hydrogen-bond acceptors (Lipinski definition) is 5. The molecule has 0 aliphatic rings. The molecule has 7 nitrogen and oxygen atoms in total. The van der Waals surface area contributed by atoms with Crippen molar-refractivity contribution in [3.8, 4) is 22.8 Å². The molecule has 3 aromatic rings. The number of amides is 1. The number of hydrogen-bond donors (Lipinski definition) is 2. The summed E-state index contributed by atoms with van der Waals surface area (Å²) in [5, 5.41) is 11.9. The van der Waals surface area contributed by atoms with Gasteiger partial charge >= 0.3 is 0 Å². The lowest BCUT2D eigenvalue weighted by molar-refractivity contribution is -0.116. The molecule has 27 heavy (non-hydrogen) atoms. The Morgan fingerprint density at radius 1 is 1.15 bits per heavy atom. The maximum Gasteiger partial charge on any atom is 0.254 e. The third kappa shape index (κ3) is 4.72. The van der Waals surface area contributed by atoms with Gasteiger partial charge < -0.3 is 15.2 Å². The van der Waals surface area contributed by atoms with E-state index in [0.717, 1.165) is 11.3 Å². The van der Waals surface area contributed by atoms with Crippen LogP contribution in [0.1, 0.15) is 6.92 Å². The van der Waals surface area contributed by atoms with Crippen LogP contribution in [0, 0.1) is 0 Å². The summed E-state index contributed by atoms with van der Waals surface area (Å²) < 4.78 is 6.62. The van der Waals surface area contributed by atoms with Crippen molar-refractivity contribution >= 4 is 11.6 Å². The molecule has 1 heterocycles. The molecule has 2 N–H and O–H groups in total. The van der Waals surface area contributed by atoms with E-state index in [4.69, 9.17) is 4.74 Å². The van der Waals surface area contributed by atoms with Gasteiger partial charge in [0.1, 0.15) is 18.0 Å². The number of benzene rings is 2. The number of ether oxygens (including phenoxy) is 1. The van der Waals surface area contributed by atoms with Gasteiger partial charge in [-0.15, -0.1) is 0 Å². The predicted octanol–water partition coefficient (Wildman–Crippen LogP) is 2.65. The van der Waals surface area contributed by atoms with Crippen molar-refractivity contribution in [2.75, 3.05) is 11.9 Å². The van der Waals surface area contributed by atoms with E-state index >= 15 is 0 Å². The first-order valence-corrected chi connectivity index (χ1v) is 8.44. The van der Waals surface area contributed by atoms with Gasteiger partial charge in [0.2, 0.25) is 5.91 Å². The van der Waals surface area contributed by atoms with Crippen LogP contribution in [0.15, 0.2) is 65.7 Å².